The van der Waals surface area contributed by atoms with Gasteiger partial charge in [-0.1, -0.05) is 41.9 Å². The van der Waals surface area contributed by atoms with Crippen LogP contribution in [0.2, 0.25) is 5.02 Å². The lowest BCUT2D eigenvalue weighted by Crippen LogP contribution is -2.24. The average molecular weight is 420 g/mol. The van der Waals surface area contributed by atoms with Crippen LogP contribution in [0.25, 0.3) is 22.2 Å². The molecule has 0 spiro atoms. The van der Waals surface area contributed by atoms with Gasteiger partial charge in [-0.25, -0.2) is 0 Å². The van der Waals surface area contributed by atoms with Gasteiger partial charge >= 0.3 is 0 Å². The highest BCUT2D eigenvalue weighted by Gasteiger charge is 2.22. The molecule has 3 aromatic carbocycles. The fraction of sp³-hybridized carbons (Fsp3) is 0.130. The van der Waals surface area contributed by atoms with Crippen LogP contribution in [0.5, 0.6) is 11.5 Å². The maximum Gasteiger partial charge on any atom is 0.248 e. The molecular weight excluding hydrogens is 402 g/mol. The molecule has 0 unspecified atom stereocenters. The molecule has 0 radical (unpaired) electrons. The van der Waals surface area contributed by atoms with Gasteiger partial charge in [0.1, 0.15) is 11.7 Å². The third-order valence-corrected chi connectivity index (χ3v) is 5.34. The molecule has 0 saturated heterocycles. The van der Waals surface area contributed by atoms with Crippen LogP contribution in [-0.2, 0) is 4.79 Å². The van der Waals surface area contributed by atoms with E-state index in [1.165, 1.54) is 0 Å². The van der Waals surface area contributed by atoms with Gasteiger partial charge in [-0.05, 0) is 37.3 Å². The molecule has 1 aliphatic rings. The molecule has 1 N–H and O–H groups in total. The first-order valence-electron chi connectivity index (χ1n) is 9.54. The number of nitrogens with zero attached hydrogens (tertiary/aromatic N) is 2. The van der Waals surface area contributed by atoms with Crippen molar-refractivity contribution in [2.75, 3.05) is 12.1 Å². The molecule has 150 valence electrons. The molecule has 7 heteroatoms. The Labute approximate surface area is 178 Å². The fourth-order valence-electron chi connectivity index (χ4n) is 3.55. The average Bonchev–Trinajstić information content (AvgIpc) is 3.37. The predicted octanol–water partition coefficient (Wildman–Crippen LogP) is 5.29. The summed E-state index contributed by atoms with van der Waals surface area (Å²) >= 11 is 6.24. The van der Waals surface area contributed by atoms with E-state index >= 15 is 0 Å². The van der Waals surface area contributed by atoms with E-state index in [-0.39, 0.29) is 12.7 Å². The summed E-state index contributed by atoms with van der Waals surface area (Å²) in [5.74, 6) is 1.10. The molecule has 0 aliphatic carbocycles. The van der Waals surface area contributed by atoms with Crippen molar-refractivity contribution >= 4 is 34.1 Å². The largest absolute Gasteiger partial charge is 0.454 e. The summed E-state index contributed by atoms with van der Waals surface area (Å²) in [6, 6.07) is 20.2. The highest BCUT2D eigenvalue weighted by Crippen LogP contribution is 2.35. The van der Waals surface area contributed by atoms with Gasteiger partial charge < -0.3 is 14.8 Å². The summed E-state index contributed by atoms with van der Waals surface area (Å²) in [7, 11) is 0. The molecule has 1 amide bonds. The van der Waals surface area contributed by atoms with E-state index in [2.05, 4.69) is 5.32 Å². The van der Waals surface area contributed by atoms with Crippen LogP contribution < -0.4 is 14.8 Å². The highest BCUT2D eigenvalue weighted by molar-refractivity contribution is 6.31. The SMILES string of the molecule is C[C@@H](C(=O)Nc1ccc2c(c1)OCO2)n1nc(-c2ccccc2)c2cc(Cl)ccc21. The zero-order valence-corrected chi connectivity index (χ0v) is 16.9. The Kier molecular flexibility index (Phi) is 4.56. The number of carbonyl (C=O) groups excluding carboxylic acids is 1. The normalized spacial score (nSPS) is 13.4. The number of aromatic nitrogens is 2. The van der Waals surface area contributed by atoms with Crippen LogP contribution >= 0.6 is 11.6 Å². The van der Waals surface area contributed by atoms with Gasteiger partial charge in [-0.3, -0.25) is 9.48 Å². The Balaban J connectivity index is 1.50. The van der Waals surface area contributed by atoms with Gasteiger partial charge in [-0.2, -0.15) is 5.10 Å². The molecule has 1 aromatic heterocycles. The standard InChI is InChI=1S/C23H18ClN3O3/c1-14(23(28)25-17-8-10-20-21(12-17)30-13-29-20)27-19-9-7-16(24)11-18(19)22(26-27)15-5-3-2-4-6-15/h2-12,14H,13H2,1H3,(H,25,28)/t14-/m0/s1. The first-order chi connectivity index (χ1) is 14.6. The third kappa shape index (κ3) is 3.25. The minimum absolute atomic E-state index is 0.187. The molecule has 0 saturated carbocycles. The molecule has 1 aliphatic heterocycles. The Morgan fingerprint density at radius 1 is 1.07 bits per heavy atom. The molecule has 30 heavy (non-hydrogen) atoms. The second kappa shape index (κ2) is 7.39. The number of nitrogens with one attached hydrogen (secondary N) is 1. The van der Waals surface area contributed by atoms with Gasteiger partial charge in [0.15, 0.2) is 11.5 Å². The Morgan fingerprint density at radius 3 is 2.70 bits per heavy atom. The highest BCUT2D eigenvalue weighted by atomic mass is 35.5. The Bertz CT molecular complexity index is 1250. The number of hydrogen-bond acceptors (Lipinski definition) is 4. The van der Waals surface area contributed by atoms with Gasteiger partial charge in [0.2, 0.25) is 12.7 Å². The first-order valence-corrected chi connectivity index (χ1v) is 9.91. The van der Waals surface area contributed by atoms with Crippen LogP contribution in [-0.4, -0.2) is 22.5 Å². The molecule has 4 aromatic rings. The number of benzene rings is 3. The van der Waals surface area contributed by atoms with E-state index in [0.29, 0.717) is 22.2 Å². The number of amides is 1. The van der Waals surface area contributed by atoms with Crippen molar-refractivity contribution in [2.24, 2.45) is 0 Å². The predicted molar refractivity (Wildman–Crippen MR) is 116 cm³/mol. The lowest BCUT2D eigenvalue weighted by Gasteiger charge is -2.14. The van der Waals surface area contributed by atoms with Crippen LogP contribution in [0.1, 0.15) is 13.0 Å². The van der Waals surface area contributed by atoms with E-state index in [0.717, 1.165) is 22.2 Å². The smallest absolute Gasteiger partial charge is 0.248 e. The van der Waals surface area contributed by atoms with Crippen LogP contribution in [0.3, 0.4) is 0 Å². The molecule has 2 heterocycles. The zero-order valence-electron chi connectivity index (χ0n) is 16.1. The molecule has 0 bridgehead atoms. The van der Waals surface area contributed by atoms with Crippen molar-refractivity contribution in [1.29, 1.82) is 0 Å². The fourth-order valence-corrected chi connectivity index (χ4v) is 3.72. The van der Waals surface area contributed by atoms with Crippen molar-refractivity contribution in [1.82, 2.24) is 9.78 Å². The van der Waals surface area contributed by atoms with E-state index in [4.69, 9.17) is 26.2 Å². The lowest BCUT2D eigenvalue weighted by atomic mass is 10.1. The maximum atomic E-state index is 13.0. The topological polar surface area (TPSA) is 65.4 Å². The second-order valence-electron chi connectivity index (χ2n) is 7.05. The first kappa shape index (κ1) is 18.5. The Hall–Kier alpha value is -3.51. The summed E-state index contributed by atoms with van der Waals surface area (Å²) < 4.78 is 12.4. The molecule has 5 rings (SSSR count). The molecule has 6 nitrogen and oxygen atoms in total. The number of hydrogen-bond donors (Lipinski definition) is 1. The minimum Gasteiger partial charge on any atom is -0.454 e. The number of ether oxygens (including phenoxy) is 2. The summed E-state index contributed by atoms with van der Waals surface area (Å²) in [4.78, 5) is 13.0. The minimum atomic E-state index is -0.545. The van der Waals surface area contributed by atoms with E-state index in [1.807, 2.05) is 49.4 Å². The van der Waals surface area contributed by atoms with E-state index in [9.17, 15) is 4.79 Å². The van der Waals surface area contributed by atoms with Crippen LogP contribution in [0.15, 0.2) is 66.7 Å². The van der Waals surface area contributed by atoms with Crippen molar-refractivity contribution in [2.45, 2.75) is 13.0 Å². The van der Waals surface area contributed by atoms with Crippen molar-refractivity contribution in [3.8, 4) is 22.8 Å². The van der Waals surface area contributed by atoms with Gasteiger partial charge in [0.05, 0.1) is 5.52 Å². The van der Waals surface area contributed by atoms with Crippen LogP contribution in [0.4, 0.5) is 5.69 Å². The molecule has 0 fully saturated rings. The van der Waals surface area contributed by atoms with E-state index in [1.54, 1.807) is 28.9 Å². The molecular formula is C23H18ClN3O3. The van der Waals surface area contributed by atoms with Gasteiger partial charge in [-0.15, -0.1) is 0 Å². The summed E-state index contributed by atoms with van der Waals surface area (Å²) in [6.45, 7) is 2.01. The van der Waals surface area contributed by atoms with Crippen molar-refractivity contribution in [3.05, 3.63) is 71.8 Å². The number of anilines is 1. The quantitative estimate of drug-likeness (QED) is 0.488. The monoisotopic (exact) mass is 419 g/mol. The number of rotatable bonds is 4. The van der Waals surface area contributed by atoms with Gasteiger partial charge in [0, 0.05) is 27.7 Å². The molecule has 1 atom stereocenters. The van der Waals surface area contributed by atoms with Crippen molar-refractivity contribution < 1.29 is 14.3 Å². The number of fused-ring (bicyclic) bond motifs is 2. The maximum absolute atomic E-state index is 13.0. The van der Waals surface area contributed by atoms with Crippen molar-refractivity contribution in [3.63, 3.8) is 0 Å². The van der Waals surface area contributed by atoms with E-state index < -0.39 is 6.04 Å². The summed E-state index contributed by atoms with van der Waals surface area (Å²) in [6.07, 6.45) is 0. The van der Waals surface area contributed by atoms with Gasteiger partial charge in [0.25, 0.3) is 0 Å². The second-order valence-corrected chi connectivity index (χ2v) is 7.49. The number of carbonyl (C=O) groups is 1. The number of halogens is 1. The van der Waals surface area contributed by atoms with Crippen LogP contribution in [0, 0.1) is 0 Å². The lowest BCUT2D eigenvalue weighted by molar-refractivity contribution is -0.118. The third-order valence-electron chi connectivity index (χ3n) is 5.10. The summed E-state index contributed by atoms with van der Waals surface area (Å²) in [5, 5.41) is 9.23. The zero-order chi connectivity index (χ0) is 20.7. The summed E-state index contributed by atoms with van der Waals surface area (Å²) in [5.41, 5.74) is 3.23. The Morgan fingerprint density at radius 2 is 1.87 bits per heavy atom.